The number of ether oxygens (including phenoxy) is 2. The van der Waals surface area contributed by atoms with Crippen LogP contribution in [0.5, 0.6) is 11.5 Å². The average Bonchev–Trinajstić information content (AvgIpc) is 2.97. The van der Waals surface area contributed by atoms with Crippen LogP contribution in [0.25, 0.3) is 0 Å². The van der Waals surface area contributed by atoms with Gasteiger partial charge in [0.1, 0.15) is 11.5 Å². The fraction of sp³-hybridized carbons (Fsp3) is 0.529. The SMILES string of the molecule is COc1ccc(OCC(C)CCC2C=CCC2)c(Br)c1. The molecule has 0 saturated carbocycles. The van der Waals surface area contributed by atoms with E-state index >= 15 is 0 Å². The molecule has 2 atom stereocenters. The van der Waals surface area contributed by atoms with Crippen LogP contribution in [-0.4, -0.2) is 13.7 Å². The molecular formula is C17H23BrO2. The summed E-state index contributed by atoms with van der Waals surface area (Å²) in [5, 5.41) is 0. The Kier molecular flexibility index (Phi) is 5.96. The lowest BCUT2D eigenvalue weighted by Crippen LogP contribution is -2.10. The van der Waals surface area contributed by atoms with Gasteiger partial charge < -0.3 is 9.47 Å². The van der Waals surface area contributed by atoms with E-state index in [0.717, 1.165) is 28.5 Å². The van der Waals surface area contributed by atoms with Gasteiger partial charge in [0.05, 0.1) is 18.2 Å². The molecule has 20 heavy (non-hydrogen) atoms. The Hall–Kier alpha value is -0.960. The Balaban J connectivity index is 1.74. The van der Waals surface area contributed by atoms with Crippen LogP contribution >= 0.6 is 15.9 Å². The summed E-state index contributed by atoms with van der Waals surface area (Å²) in [6.07, 6.45) is 9.77. The molecular weight excluding hydrogens is 316 g/mol. The summed E-state index contributed by atoms with van der Waals surface area (Å²) in [5.74, 6) is 3.10. The second kappa shape index (κ2) is 7.72. The van der Waals surface area contributed by atoms with E-state index in [-0.39, 0.29) is 0 Å². The summed E-state index contributed by atoms with van der Waals surface area (Å²) in [6, 6.07) is 5.81. The third-order valence-corrected chi connectivity index (χ3v) is 4.42. The predicted molar refractivity (Wildman–Crippen MR) is 86.5 cm³/mol. The maximum absolute atomic E-state index is 5.89. The first-order chi connectivity index (χ1) is 9.69. The molecule has 1 aliphatic carbocycles. The van der Waals surface area contributed by atoms with Crippen molar-refractivity contribution in [2.24, 2.45) is 11.8 Å². The predicted octanol–water partition coefficient (Wildman–Crippen LogP) is 5.22. The second-order valence-corrected chi connectivity index (χ2v) is 6.41. The van der Waals surface area contributed by atoms with Crippen LogP contribution in [0.15, 0.2) is 34.8 Å². The molecule has 0 fully saturated rings. The first-order valence-electron chi connectivity index (χ1n) is 7.32. The minimum Gasteiger partial charge on any atom is -0.497 e. The minimum atomic E-state index is 0.581. The van der Waals surface area contributed by atoms with Crippen molar-refractivity contribution in [2.75, 3.05) is 13.7 Å². The van der Waals surface area contributed by atoms with Crippen LogP contribution in [-0.2, 0) is 0 Å². The largest absolute Gasteiger partial charge is 0.497 e. The zero-order chi connectivity index (χ0) is 14.4. The van der Waals surface area contributed by atoms with Gasteiger partial charge in [0.25, 0.3) is 0 Å². The minimum absolute atomic E-state index is 0.581. The van der Waals surface area contributed by atoms with Crippen LogP contribution in [0.1, 0.15) is 32.6 Å². The highest BCUT2D eigenvalue weighted by molar-refractivity contribution is 9.10. The molecule has 0 aromatic heterocycles. The van der Waals surface area contributed by atoms with Crippen LogP contribution in [0.2, 0.25) is 0 Å². The van der Waals surface area contributed by atoms with Crippen LogP contribution in [0.4, 0.5) is 0 Å². The summed E-state index contributed by atoms with van der Waals surface area (Å²) in [6.45, 7) is 3.03. The van der Waals surface area contributed by atoms with E-state index < -0.39 is 0 Å². The summed E-state index contributed by atoms with van der Waals surface area (Å²) in [7, 11) is 1.67. The summed E-state index contributed by atoms with van der Waals surface area (Å²) in [5.41, 5.74) is 0. The lowest BCUT2D eigenvalue weighted by atomic mass is 9.97. The van der Waals surface area contributed by atoms with Gasteiger partial charge in [-0.15, -0.1) is 0 Å². The molecule has 1 aliphatic rings. The Bertz CT molecular complexity index is 456. The number of hydrogen-bond acceptors (Lipinski definition) is 2. The molecule has 1 aromatic carbocycles. The Morgan fingerprint density at radius 3 is 2.90 bits per heavy atom. The van der Waals surface area contributed by atoms with Crippen molar-refractivity contribution in [3.05, 3.63) is 34.8 Å². The zero-order valence-electron chi connectivity index (χ0n) is 12.3. The highest BCUT2D eigenvalue weighted by atomic mass is 79.9. The number of halogens is 1. The molecule has 2 rings (SSSR count). The standard InChI is InChI=1S/C17H23BrO2/c1-13(7-8-14-5-3-4-6-14)12-20-17-10-9-15(19-2)11-16(17)18/h3,5,9-11,13-14H,4,6-8,12H2,1-2H3. The normalized spacial score (nSPS) is 19.1. The van der Waals surface area contributed by atoms with E-state index in [4.69, 9.17) is 9.47 Å². The smallest absolute Gasteiger partial charge is 0.133 e. The van der Waals surface area contributed by atoms with Crippen LogP contribution in [0.3, 0.4) is 0 Å². The zero-order valence-corrected chi connectivity index (χ0v) is 13.9. The molecule has 0 saturated heterocycles. The number of rotatable bonds is 7. The third-order valence-electron chi connectivity index (χ3n) is 3.81. The Morgan fingerprint density at radius 1 is 1.40 bits per heavy atom. The van der Waals surface area contributed by atoms with Crippen molar-refractivity contribution in [3.8, 4) is 11.5 Å². The van der Waals surface area contributed by atoms with Gasteiger partial charge in [-0.25, -0.2) is 0 Å². The molecule has 3 heteroatoms. The van der Waals surface area contributed by atoms with Gasteiger partial charge in [-0.2, -0.15) is 0 Å². The fourth-order valence-electron chi connectivity index (χ4n) is 2.48. The molecule has 0 spiro atoms. The molecule has 0 amide bonds. The number of allylic oxidation sites excluding steroid dienone is 2. The van der Waals surface area contributed by atoms with Crippen molar-refractivity contribution in [2.45, 2.75) is 32.6 Å². The number of hydrogen-bond donors (Lipinski definition) is 0. The van der Waals surface area contributed by atoms with Gasteiger partial charge in [-0.05, 0) is 71.6 Å². The quantitative estimate of drug-likeness (QED) is 0.634. The van der Waals surface area contributed by atoms with Gasteiger partial charge in [0, 0.05) is 0 Å². The van der Waals surface area contributed by atoms with Crippen LogP contribution < -0.4 is 9.47 Å². The van der Waals surface area contributed by atoms with Crippen molar-refractivity contribution in [1.29, 1.82) is 0 Å². The lowest BCUT2D eigenvalue weighted by molar-refractivity contribution is 0.244. The third kappa shape index (κ3) is 4.55. The topological polar surface area (TPSA) is 18.5 Å². The maximum atomic E-state index is 5.89. The molecule has 0 bridgehead atoms. The first-order valence-corrected chi connectivity index (χ1v) is 8.11. The lowest BCUT2D eigenvalue weighted by Gasteiger charge is -2.16. The summed E-state index contributed by atoms with van der Waals surface area (Å²) < 4.78 is 12.0. The van der Waals surface area contributed by atoms with Gasteiger partial charge in [0.2, 0.25) is 0 Å². The van der Waals surface area contributed by atoms with E-state index in [9.17, 15) is 0 Å². The highest BCUT2D eigenvalue weighted by Crippen LogP contribution is 2.30. The van der Waals surface area contributed by atoms with E-state index in [1.165, 1.54) is 25.7 Å². The van der Waals surface area contributed by atoms with Crippen molar-refractivity contribution in [1.82, 2.24) is 0 Å². The van der Waals surface area contributed by atoms with E-state index in [1.54, 1.807) is 7.11 Å². The highest BCUT2D eigenvalue weighted by Gasteiger charge is 2.12. The van der Waals surface area contributed by atoms with Crippen molar-refractivity contribution < 1.29 is 9.47 Å². The van der Waals surface area contributed by atoms with Crippen molar-refractivity contribution >= 4 is 15.9 Å². The number of methoxy groups -OCH3 is 1. The maximum Gasteiger partial charge on any atom is 0.133 e. The Labute approximate surface area is 130 Å². The molecule has 2 nitrogen and oxygen atoms in total. The molecule has 2 unspecified atom stereocenters. The molecule has 0 aliphatic heterocycles. The molecule has 1 aromatic rings. The van der Waals surface area contributed by atoms with E-state index in [1.807, 2.05) is 18.2 Å². The number of benzene rings is 1. The molecule has 0 radical (unpaired) electrons. The summed E-state index contributed by atoms with van der Waals surface area (Å²) >= 11 is 3.52. The average molecular weight is 339 g/mol. The van der Waals surface area contributed by atoms with Crippen LogP contribution in [0, 0.1) is 11.8 Å². The van der Waals surface area contributed by atoms with Gasteiger partial charge in [-0.1, -0.05) is 19.1 Å². The van der Waals surface area contributed by atoms with E-state index in [0.29, 0.717) is 5.92 Å². The van der Waals surface area contributed by atoms with Gasteiger partial charge in [0.15, 0.2) is 0 Å². The second-order valence-electron chi connectivity index (χ2n) is 5.56. The Morgan fingerprint density at radius 2 is 2.25 bits per heavy atom. The molecule has 110 valence electrons. The van der Waals surface area contributed by atoms with Gasteiger partial charge >= 0.3 is 0 Å². The van der Waals surface area contributed by atoms with E-state index in [2.05, 4.69) is 35.0 Å². The molecule has 0 N–H and O–H groups in total. The fourth-order valence-corrected chi connectivity index (χ4v) is 2.95. The first kappa shape index (κ1) is 15.4. The van der Waals surface area contributed by atoms with Crippen molar-refractivity contribution in [3.63, 3.8) is 0 Å². The monoisotopic (exact) mass is 338 g/mol. The molecule has 0 heterocycles. The summed E-state index contributed by atoms with van der Waals surface area (Å²) in [4.78, 5) is 0. The van der Waals surface area contributed by atoms with Gasteiger partial charge in [-0.3, -0.25) is 0 Å².